The molecule has 3 nitrogen and oxygen atoms in total. The molecule has 1 unspecified atom stereocenters. The number of nitriles is 1. The van der Waals surface area contributed by atoms with Gasteiger partial charge >= 0.3 is 0 Å². The normalized spacial score (nSPS) is 20.4. The highest BCUT2D eigenvalue weighted by atomic mass is 79.9. The third kappa shape index (κ3) is 1.88. The number of amidine groups is 1. The number of hydrogen-bond donors (Lipinski definition) is 1. The van der Waals surface area contributed by atoms with Gasteiger partial charge < -0.3 is 4.90 Å². The second kappa shape index (κ2) is 4.03. The van der Waals surface area contributed by atoms with Gasteiger partial charge in [0, 0.05) is 16.7 Å². The van der Waals surface area contributed by atoms with Gasteiger partial charge in [0.2, 0.25) is 0 Å². The molecule has 1 aliphatic rings. The molecule has 1 N–H and O–H groups in total. The minimum absolute atomic E-state index is 0.242. The van der Waals surface area contributed by atoms with Crippen LogP contribution in [0.15, 0.2) is 28.7 Å². The third-order valence-corrected chi connectivity index (χ3v) is 3.09. The molecule has 2 rings (SSSR count). The molecule has 0 aliphatic carbocycles. The number of rotatable bonds is 1. The van der Waals surface area contributed by atoms with Crippen molar-refractivity contribution < 1.29 is 0 Å². The first kappa shape index (κ1) is 10.2. The van der Waals surface area contributed by atoms with Crippen LogP contribution in [0.4, 0.5) is 5.69 Å². The first-order chi connectivity index (χ1) is 7.22. The van der Waals surface area contributed by atoms with Crippen molar-refractivity contribution >= 4 is 27.5 Å². The zero-order chi connectivity index (χ0) is 10.8. The maximum absolute atomic E-state index is 8.82. The van der Waals surface area contributed by atoms with E-state index in [0.29, 0.717) is 5.84 Å². The fourth-order valence-corrected chi connectivity index (χ4v) is 1.98. The van der Waals surface area contributed by atoms with E-state index in [0.717, 1.165) is 23.1 Å². The molecule has 15 heavy (non-hydrogen) atoms. The lowest BCUT2D eigenvalue weighted by molar-refractivity contribution is 0.843. The first-order valence-corrected chi connectivity index (χ1v) is 5.53. The van der Waals surface area contributed by atoms with Crippen LogP contribution in [-0.4, -0.2) is 12.4 Å². The molecule has 1 heterocycles. The molecule has 76 valence electrons. The summed E-state index contributed by atoms with van der Waals surface area (Å²) in [6.07, 6.45) is 0.755. The van der Waals surface area contributed by atoms with Crippen LogP contribution in [0, 0.1) is 22.7 Å². The summed E-state index contributed by atoms with van der Waals surface area (Å²) in [7, 11) is 0. The Bertz CT molecular complexity index is 418. The number of nitrogens with zero attached hydrogens (tertiary/aromatic N) is 2. The summed E-state index contributed by atoms with van der Waals surface area (Å²) in [5.41, 5.74) is 0.987. The van der Waals surface area contributed by atoms with Crippen molar-refractivity contribution in [3.63, 3.8) is 0 Å². The van der Waals surface area contributed by atoms with E-state index < -0.39 is 0 Å². The molecule has 1 aromatic rings. The SMILES string of the molecule is N#CC1CCN(c2ccc(Br)cc2)C1=N. The van der Waals surface area contributed by atoms with E-state index in [2.05, 4.69) is 22.0 Å². The fraction of sp³-hybridized carbons (Fsp3) is 0.273. The number of nitrogens with one attached hydrogen (secondary N) is 1. The number of benzene rings is 1. The van der Waals surface area contributed by atoms with Crippen LogP contribution in [0.25, 0.3) is 0 Å². The Labute approximate surface area is 97.0 Å². The quantitative estimate of drug-likeness (QED) is 0.847. The summed E-state index contributed by atoms with van der Waals surface area (Å²) in [4.78, 5) is 1.89. The van der Waals surface area contributed by atoms with Crippen LogP contribution in [0.1, 0.15) is 6.42 Å². The average Bonchev–Trinajstić information content (AvgIpc) is 2.61. The van der Waals surface area contributed by atoms with Crippen molar-refractivity contribution in [2.24, 2.45) is 5.92 Å². The Morgan fingerprint density at radius 1 is 1.40 bits per heavy atom. The molecule has 1 saturated heterocycles. The minimum atomic E-state index is -0.242. The van der Waals surface area contributed by atoms with Crippen LogP contribution in [0.3, 0.4) is 0 Å². The molecule has 1 aromatic carbocycles. The van der Waals surface area contributed by atoms with E-state index in [1.54, 1.807) is 0 Å². The molecule has 1 atom stereocenters. The fourth-order valence-electron chi connectivity index (χ4n) is 1.72. The molecule has 0 bridgehead atoms. The average molecular weight is 264 g/mol. The number of hydrogen-bond acceptors (Lipinski definition) is 2. The molecule has 0 saturated carbocycles. The van der Waals surface area contributed by atoms with Crippen molar-refractivity contribution in [3.8, 4) is 6.07 Å². The lowest BCUT2D eigenvalue weighted by Crippen LogP contribution is -2.25. The van der Waals surface area contributed by atoms with Gasteiger partial charge in [0.05, 0.1) is 6.07 Å². The topological polar surface area (TPSA) is 50.9 Å². The van der Waals surface area contributed by atoms with Crippen molar-refractivity contribution in [1.29, 1.82) is 10.7 Å². The second-order valence-corrected chi connectivity index (χ2v) is 4.40. The van der Waals surface area contributed by atoms with Gasteiger partial charge in [0.15, 0.2) is 0 Å². The Balaban J connectivity index is 2.23. The summed E-state index contributed by atoms with van der Waals surface area (Å²) in [5.74, 6) is 0.175. The standard InChI is InChI=1S/C11H10BrN3/c12-9-1-3-10(4-2-9)15-6-5-8(7-13)11(15)14/h1-4,8,14H,5-6H2. The predicted molar refractivity (Wildman–Crippen MR) is 62.9 cm³/mol. The van der Waals surface area contributed by atoms with Gasteiger partial charge in [-0.15, -0.1) is 0 Å². The van der Waals surface area contributed by atoms with Crippen LogP contribution in [-0.2, 0) is 0 Å². The zero-order valence-corrected chi connectivity index (χ0v) is 9.66. The van der Waals surface area contributed by atoms with Gasteiger partial charge in [-0.25, -0.2) is 0 Å². The predicted octanol–water partition coefficient (Wildman–Crippen LogP) is 2.78. The molecule has 0 amide bonds. The van der Waals surface area contributed by atoms with E-state index >= 15 is 0 Å². The Morgan fingerprint density at radius 3 is 2.60 bits per heavy atom. The van der Waals surface area contributed by atoms with E-state index in [1.807, 2.05) is 29.2 Å². The maximum atomic E-state index is 8.82. The Morgan fingerprint density at radius 2 is 2.07 bits per heavy atom. The van der Waals surface area contributed by atoms with Crippen LogP contribution < -0.4 is 4.90 Å². The molecule has 0 spiro atoms. The zero-order valence-electron chi connectivity index (χ0n) is 8.07. The summed E-state index contributed by atoms with van der Waals surface area (Å²) < 4.78 is 1.02. The number of anilines is 1. The molecular formula is C11H10BrN3. The van der Waals surface area contributed by atoms with Crippen molar-refractivity contribution in [2.75, 3.05) is 11.4 Å². The molecular weight excluding hydrogens is 254 g/mol. The summed E-state index contributed by atoms with van der Waals surface area (Å²) in [6, 6.07) is 9.96. The lowest BCUT2D eigenvalue weighted by atomic mass is 10.1. The van der Waals surface area contributed by atoms with Gasteiger partial charge in [-0.2, -0.15) is 5.26 Å². The largest absolute Gasteiger partial charge is 0.329 e. The van der Waals surface area contributed by atoms with E-state index in [-0.39, 0.29) is 5.92 Å². The molecule has 1 aliphatic heterocycles. The molecule has 1 fully saturated rings. The van der Waals surface area contributed by atoms with Gasteiger partial charge in [-0.3, -0.25) is 5.41 Å². The van der Waals surface area contributed by atoms with E-state index in [4.69, 9.17) is 10.7 Å². The van der Waals surface area contributed by atoms with Crippen LogP contribution in [0.5, 0.6) is 0 Å². The summed E-state index contributed by atoms with van der Waals surface area (Å²) in [6.45, 7) is 0.763. The molecule has 4 heteroatoms. The highest BCUT2D eigenvalue weighted by Gasteiger charge is 2.28. The minimum Gasteiger partial charge on any atom is -0.329 e. The lowest BCUT2D eigenvalue weighted by Gasteiger charge is -2.18. The summed E-state index contributed by atoms with van der Waals surface area (Å²) in [5, 5.41) is 16.7. The van der Waals surface area contributed by atoms with Crippen molar-refractivity contribution in [2.45, 2.75) is 6.42 Å². The van der Waals surface area contributed by atoms with Gasteiger partial charge in [-0.05, 0) is 30.7 Å². The van der Waals surface area contributed by atoms with Crippen LogP contribution in [0.2, 0.25) is 0 Å². The van der Waals surface area contributed by atoms with Gasteiger partial charge in [0.25, 0.3) is 0 Å². The maximum Gasteiger partial charge on any atom is 0.118 e. The first-order valence-electron chi connectivity index (χ1n) is 4.73. The highest BCUT2D eigenvalue weighted by Crippen LogP contribution is 2.26. The molecule has 0 aromatic heterocycles. The van der Waals surface area contributed by atoms with E-state index in [9.17, 15) is 0 Å². The highest BCUT2D eigenvalue weighted by molar-refractivity contribution is 9.10. The van der Waals surface area contributed by atoms with E-state index in [1.165, 1.54) is 0 Å². The van der Waals surface area contributed by atoms with Crippen molar-refractivity contribution in [3.05, 3.63) is 28.7 Å². The smallest absolute Gasteiger partial charge is 0.118 e. The Kier molecular flexibility index (Phi) is 2.74. The summed E-state index contributed by atoms with van der Waals surface area (Å²) >= 11 is 3.37. The Hall–Kier alpha value is -1.34. The van der Waals surface area contributed by atoms with Gasteiger partial charge in [-0.1, -0.05) is 15.9 Å². The van der Waals surface area contributed by atoms with Crippen LogP contribution >= 0.6 is 15.9 Å². The second-order valence-electron chi connectivity index (χ2n) is 3.48. The monoisotopic (exact) mass is 263 g/mol. The molecule has 0 radical (unpaired) electrons. The third-order valence-electron chi connectivity index (χ3n) is 2.56. The van der Waals surface area contributed by atoms with Crippen molar-refractivity contribution in [1.82, 2.24) is 0 Å². The van der Waals surface area contributed by atoms with Gasteiger partial charge in [0.1, 0.15) is 11.8 Å². The number of halogens is 1.